The molecule has 0 aliphatic carbocycles. The predicted molar refractivity (Wildman–Crippen MR) is 94.3 cm³/mol. The Morgan fingerprint density at radius 3 is 2.64 bits per heavy atom. The largest absolute Gasteiger partial charge is 0.344 e. The Hall–Kier alpha value is -2.87. The van der Waals surface area contributed by atoms with E-state index in [4.69, 9.17) is 0 Å². The van der Waals surface area contributed by atoms with Crippen LogP contribution in [-0.4, -0.2) is 44.5 Å². The number of aromatic nitrogens is 4. The van der Waals surface area contributed by atoms with E-state index < -0.39 is 0 Å². The average Bonchev–Trinajstić information content (AvgIpc) is 3.15. The molecule has 3 heterocycles. The molecule has 0 unspecified atom stereocenters. The van der Waals surface area contributed by atoms with E-state index >= 15 is 0 Å². The Bertz CT molecular complexity index is 1110. The highest BCUT2D eigenvalue weighted by atomic mass is 32.1. The minimum atomic E-state index is -0.308. The van der Waals surface area contributed by atoms with Crippen LogP contribution >= 0.6 is 11.3 Å². The summed E-state index contributed by atoms with van der Waals surface area (Å²) in [5.41, 5.74) is 2.20. The second-order valence-corrected chi connectivity index (χ2v) is 6.89. The van der Waals surface area contributed by atoms with Crippen LogP contribution in [0.25, 0.3) is 27.3 Å². The lowest BCUT2D eigenvalue weighted by atomic mass is 10.2. The molecule has 4 rings (SSSR count). The third kappa shape index (κ3) is 2.45. The highest BCUT2D eigenvalue weighted by molar-refractivity contribution is 7.20. The van der Waals surface area contributed by atoms with E-state index in [1.807, 2.05) is 6.92 Å². The van der Waals surface area contributed by atoms with Crippen molar-refractivity contribution >= 4 is 33.1 Å². The molecule has 1 aromatic carbocycles. The van der Waals surface area contributed by atoms with Crippen LogP contribution in [0.4, 0.5) is 4.39 Å². The summed E-state index contributed by atoms with van der Waals surface area (Å²) in [5.74, 6) is 0.120. The normalized spacial score (nSPS) is 11.4. The van der Waals surface area contributed by atoms with E-state index in [0.717, 1.165) is 21.3 Å². The SMILES string of the molecule is Cc1c(C(=O)N(C)C)sc2ncn3nc(-c4ccc(F)cc4)nc3c12. The number of aryl methyl sites for hydroxylation is 1. The zero-order valence-electron chi connectivity index (χ0n) is 13.8. The van der Waals surface area contributed by atoms with Crippen LogP contribution in [0, 0.1) is 12.7 Å². The average molecular weight is 355 g/mol. The smallest absolute Gasteiger partial charge is 0.263 e. The molecular weight excluding hydrogens is 341 g/mol. The van der Waals surface area contributed by atoms with Crippen LogP contribution in [0.1, 0.15) is 15.2 Å². The first-order valence-electron chi connectivity index (χ1n) is 7.58. The molecule has 0 saturated heterocycles. The van der Waals surface area contributed by atoms with Gasteiger partial charge in [-0.05, 0) is 36.8 Å². The Kier molecular flexibility index (Phi) is 3.50. The van der Waals surface area contributed by atoms with Gasteiger partial charge in [-0.3, -0.25) is 4.79 Å². The summed E-state index contributed by atoms with van der Waals surface area (Å²) in [7, 11) is 3.44. The van der Waals surface area contributed by atoms with Gasteiger partial charge in [0.25, 0.3) is 5.91 Å². The molecule has 1 amide bonds. The Balaban J connectivity index is 1.94. The van der Waals surface area contributed by atoms with E-state index in [1.54, 1.807) is 42.0 Å². The number of amides is 1. The zero-order valence-corrected chi connectivity index (χ0v) is 14.6. The molecule has 0 atom stereocenters. The lowest BCUT2D eigenvalue weighted by Gasteiger charge is -2.08. The van der Waals surface area contributed by atoms with Gasteiger partial charge in [0.15, 0.2) is 11.5 Å². The van der Waals surface area contributed by atoms with Crippen LogP contribution in [0.2, 0.25) is 0 Å². The summed E-state index contributed by atoms with van der Waals surface area (Å²) in [6, 6.07) is 6.02. The van der Waals surface area contributed by atoms with E-state index in [9.17, 15) is 9.18 Å². The van der Waals surface area contributed by atoms with Gasteiger partial charge in [-0.15, -0.1) is 16.4 Å². The molecule has 0 N–H and O–H groups in total. The number of fused-ring (bicyclic) bond motifs is 3. The summed E-state index contributed by atoms with van der Waals surface area (Å²) in [6.45, 7) is 1.89. The van der Waals surface area contributed by atoms with E-state index in [0.29, 0.717) is 16.3 Å². The number of carbonyl (C=O) groups excluding carboxylic acids is 1. The van der Waals surface area contributed by atoms with E-state index in [-0.39, 0.29) is 11.7 Å². The van der Waals surface area contributed by atoms with Crippen molar-refractivity contribution in [2.75, 3.05) is 14.1 Å². The first-order chi connectivity index (χ1) is 12.0. The fourth-order valence-corrected chi connectivity index (χ4v) is 3.83. The van der Waals surface area contributed by atoms with Gasteiger partial charge in [0.05, 0.1) is 10.3 Å². The molecule has 6 nitrogen and oxygen atoms in total. The summed E-state index contributed by atoms with van der Waals surface area (Å²) in [4.78, 5) is 24.3. The van der Waals surface area contributed by atoms with Gasteiger partial charge in [0.2, 0.25) is 0 Å². The quantitative estimate of drug-likeness (QED) is 0.554. The molecule has 0 radical (unpaired) electrons. The first kappa shape index (κ1) is 15.6. The Morgan fingerprint density at radius 1 is 1.24 bits per heavy atom. The van der Waals surface area contributed by atoms with Crippen LogP contribution in [-0.2, 0) is 0 Å². The number of hydrogen-bond acceptors (Lipinski definition) is 5. The number of thiophene rings is 1. The highest BCUT2D eigenvalue weighted by Gasteiger charge is 2.21. The number of rotatable bonds is 2. The van der Waals surface area contributed by atoms with Crippen LogP contribution in [0.5, 0.6) is 0 Å². The van der Waals surface area contributed by atoms with Crippen molar-refractivity contribution < 1.29 is 9.18 Å². The Labute approximate surface area is 146 Å². The summed E-state index contributed by atoms with van der Waals surface area (Å²) in [5, 5.41) is 5.24. The topological polar surface area (TPSA) is 63.4 Å². The van der Waals surface area contributed by atoms with Crippen molar-refractivity contribution in [3.8, 4) is 11.4 Å². The molecular formula is C17H14FN5OS. The molecule has 0 saturated carbocycles. The van der Waals surface area contributed by atoms with Crippen LogP contribution in [0.3, 0.4) is 0 Å². The van der Waals surface area contributed by atoms with Gasteiger partial charge in [-0.2, -0.15) is 0 Å². The predicted octanol–water partition coefficient (Wildman–Crippen LogP) is 3.16. The van der Waals surface area contributed by atoms with E-state index in [2.05, 4.69) is 15.1 Å². The standard InChI is InChI=1S/C17H14FN5OS/c1-9-12-15-20-14(10-4-6-11(18)7-5-10)21-23(15)8-19-16(12)25-13(9)17(24)22(2)3/h4-8H,1-3H3. The molecule has 4 aromatic rings. The molecule has 8 heteroatoms. The van der Waals surface area contributed by atoms with Crippen molar-refractivity contribution in [2.24, 2.45) is 0 Å². The monoisotopic (exact) mass is 355 g/mol. The van der Waals surface area contributed by atoms with Gasteiger partial charge in [-0.1, -0.05) is 0 Å². The van der Waals surface area contributed by atoms with E-state index in [1.165, 1.54) is 23.5 Å². The van der Waals surface area contributed by atoms with Crippen LogP contribution < -0.4 is 0 Å². The minimum absolute atomic E-state index is 0.0584. The molecule has 0 aliphatic rings. The fourth-order valence-electron chi connectivity index (χ4n) is 2.66. The maximum atomic E-state index is 13.1. The lowest BCUT2D eigenvalue weighted by Crippen LogP contribution is -2.21. The number of nitrogens with zero attached hydrogens (tertiary/aromatic N) is 5. The molecule has 0 fully saturated rings. The highest BCUT2D eigenvalue weighted by Crippen LogP contribution is 2.33. The maximum absolute atomic E-state index is 13.1. The second-order valence-electron chi connectivity index (χ2n) is 5.89. The summed E-state index contributed by atoms with van der Waals surface area (Å²) in [6.07, 6.45) is 1.58. The summed E-state index contributed by atoms with van der Waals surface area (Å²) < 4.78 is 14.7. The zero-order chi connectivity index (χ0) is 17.7. The van der Waals surface area contributed by atoms with Crippen molar-refractivity contribution in [3.63, 3.8) is 0 Å². The fraction of sp³-hybridized carbons (Fsp3) is 0.176. The van der Waals surface area contributed by atoms with Crippen LogP contribution in [0.15, 0.2) is 30.6 Å². The minimum Gasteiger partial charge on any atom is -0.344 e. The third-order valence-electron chi connectivity index (χ3n) is 3.97. The number of hydrogen-bond donors (Lipinski definition) is 0. The molecule has 0 bridgehead atoms. The number of carbonyl (C=O) groups is 1. The van der Waals surface area contributed by atoms with Gasteiger partial charge < -0.3 is 4.90 Å². The Morgan fingerprint density at radius 2 is 1.96 bits per heavy atom. The van der Waals surface area contributed by atoms with Crippen molar-refractivity contribution in [3.05, 3.63) is 46.9 Å². The van der Waals surface area contributed by atoms with Crippen molar-refractivity contribution in [1.29, 1.82) is 0 Å². The molecule has 3 aromatic heterocycles. The third-order valence-corrected chi connectivity index (χ3v) is 5.16. The summed E-state index contributed by atoms with van der Waals surface area (Å²) >= 11 is 1.35. The van der Waals surface area contributed by atoms with Gasteiger partial charge in [0, 0.05) is 19.7 Å². The molecule has 0 spiro atoms. The van der Waals surface area contributed by atoms with Gasteiger partial charge in [-0.25, -0.2) is 18.9 Å². The lowest BCUT2D eigenvalue weighted by molar-refractivity contribution is 0.0831. The molecule has 126 valence electrons. The number of halogens is 1. The molecule has 0 aliphatic heterocycles. The van der Waals surface area contributed by atoms with Crippen molar-refractivity contribution in [2.45, 2.75) is 6.92 Å². The van der Waals surface area contributed by atoms with Gasteiger partial charge >= 0.3 is 0 Å². The number of benzene rings is 1. The van der Waals surface area contributed by atoms with Gasteiger partial charge in [0.1, 0.15) is 17.0 Å². The molecule has 25 heavy (non-hydrogen) atoms. The van der Waals surface area contributed by atoms with Crippen molar-refractivity contribution in [1.82, 2.24) is 24.5 Å². The second kappa shape index (κ2) is 5.59. The maximum Gasteiger partial charge on any atom is 0.263 e. The first-order valence-corrected chi connectivity index (χ1v) is 8.39.